The van der Waals surface area contributed by atoms with Crippen LogP contribution in [0.5, 0.6) is 0 Å². The van der Waals surface area contributed by atoms with Crippen LogP contribution >= 0.6 is 0 Å². The SMILES string of the molecule is COC1CC(C2OC3CC(O)CC(OC4OC(CO)C(O)C(O)C4O)C3CC2OC2OC(COC(=O)CC(=O)O)C(O)C(O)C2O)CCC1O. The molecule has 3 heterocycles. The molecule has 0 radical (unpaired) electrons. The van der Waals surface area contributed by atoms with Crippen LogP contribution in [0, 0.1) is 11.8 Å². The first-order chi connectivity index (χ1) is 23.7. The highest BCUT2D eigenvalue weighted by atomic mass is 16.7. The van der Waals surface area contributed by atoms with Crippen molar-refractivity contribution >= 4 is 11.9 Å². The normalized spacial score (nSPS) is 48.4. The fourth-order valence-corrected chi connectivity index (χ4v) is 7.81. The van der Waals surface area contributed by atoms with E-state index >= 15 is 0 Å². The molecule has 3 aliphatic heterocycles. The van der Waals surface area contributed by atoms with Gasteiger partial charge in [-0.3, -0.25) is 9.59 Å². The summed E-state index contributed by atoms with van der Waals surface area (Å²) in [6.07, 6.45) is -20.7. The molecule has 0 aromatic heterocycles. The molecule has 19 nitrogen and oxygen atoms in total. The van der Waals surface area contributed by atoms with Crippen molar-refractivity contribution in [3.63, 3.8) is 0 Å². The van der Waals surface area contributed by atoms with E-state index < -0.39 is 142 Å². The van der Waals surface area contributed by atoms with Crippen molar-refractivity contribution in [2.45, 2.75) is 149 Å². The zero-order valence-electron chi connectivity index (χ0n) is 27.5. The van der Waals surface area contributed by atoms with E-state index in [0.29, 0.717) is 19.3 Å². The van der Waals surface area contributed by atoms with E-state index in [9.17, 15) is 55.5 Å². The van der Waals surface area contributed by atoms with Crippen molar-refractivity contribution in [3.8, 4) is 0 Å². The molecule has 0 spiro atoms. The van der Waals surface area contributed by atoms with Crippen molar-refractivity contribution in [2.24, 2.45) is 11.8 Å². The number of aliphatic hydroxyl groups excluding tert-OH is 9. The third-order valence-electron chi connectivity index (χ3n) is 10.6. The predicted molar refractivity (Wildman–Crippen MR) is 160 cm³/mol. The zero-order chi connectivity index (χ0) is 36.4. The minimum absolute atomic E-state index is 0.0511. The lowest BCUT2D eigenvalue weighted by Gasteiger charge is -2.52. The first kappa shape index (κ1) is 39.5. The molecule has 50 heavy (non-hydrogen) atoms. The Balaban J connectivity index is 1.37. The molecular weight excluding hydrogens is 676 g/mol. The molecule has 0 bridgehead atoms. The van der Waals surface area contributed by atoms with Crippen LogP contribution in [0.1, 0.15) is 44.9 Å². The lowest BCUT2D eigenvalue weighted by atomic mass is 9.72. The molecule has 19 atom stereocenters. The van der Waals surface area contributed by atoms with Gasteiger partial charge in [-0.05, 0) is 38.0 Å². The van der Waals surface area contributed by atoms with E-state index in [-0.39, 0.29) is 25.2 Å². The number of carbonyl (C=O) groups is 2. The maximum atomic E-state index is 11.8. The van der Waals surface area contributed by atoms with Crippen molar-refractivity contribution in [1.82, 2.24) is 0 Å². The van der Waals surface area contributed by atoms with Crippen LogP contribution < -0.4 is 0 Å². The molecule has 3 saturated heterocycles. The summed E-state index contributed by atoms with van der Waals surface area (Å²) >= 11 is 0. The van der Waals surface area contributed by atoms with Gasteiger partial charge in [0.2, 0.25) is 0 Å². The predicted octanol–water partition coefficient (Wildman–Crippen LogP) is -4.51. The number of carboxylic acid groups (broad SMARTS) is 1. The molecule has 19 heteroatoms. The molecule has 19 unspecified atom stereocenters. The van der Waals surface area contributed by atoms with Crippen molar-refractivity contribution in [2.75, 3.05) is 20.3 Å². The van der Waals surface area contributed by atoms with Crippen LogP contribution in [0.3, 0.4) is 0 Å². The summed E-state index contributed by atoms with van der Waals surface area (Å²) in [6.45, 7) is -1.33. The highest BCUT2D eigenvalue weighted by Crippen LogP contribution is 2.45. The summed E-state index contributed by atoms with van der Waals surface area (Å²) in [4.78, 5) is 22.7. The number of esters is 1. The van der Waals surface area contributed by atoms with Gasteiger partial charge in [0.25, 0.3) is 0 Å². The Morgan fingerprint density at radius 1 is 0.700 bits per heavy atom. The van der Waals surface area contributed by atoms with Gasteiger partial charge in [-0.25, -0.2) is 0 Å². The summed E-state index contributed by atoms with van der Waals surface area (Å²) in [7, 11) is 1.48. The van der Waals surface area contributed by atoms with Crippen LogP contribution in [0.2, 0.25) is 0 Å². The Labute approximate surface area is 287 Å². The van der Waals surface area contributed by atoms with Gasteiger partial charge in [-0.15, -0.1) is 0 Å². The monoisotopic (exact) mass is 726 g/mol. The Kier molecular flexibility index (Phi) is 13.4. The van der Waals surface area contributed by atoms with E-state index in [2.05, 4.69) is 0 Å². The van der Waals surface area contributed by atoms with E-state index in [1.807, 2.05) is 0 Å². The van der Waals surface area contributed by atoms with E-state index in [1.165, 1.54) is 7.11 Å². The first-order valence-electron chi connectivity index (χ1n) is 16.9. The largest absolute Gasteiger partial charge is 0.481 e. The minimum atomic E-state index is -1.82. The molecule has 2 saturated carbocycles. The summed E-state index contributed by atoms with van der Waals surface area (Å²) in [5.41, 5.74) is 0. The van der Waals surface area contributed by atoms with E-state index in [0.717, 1.165) is 0 Å². The van der Waals surface area contributed by atoms with Crippen molar-refractivity contribution < 1.29 is 93.8 Å². The Bertz CT molecular complexity index is 1130. The molecule has 0 amide bonds. The summed E-state index contributed by atoms with van der Waals surface area (Å²) in [5, 5.41) is 103. The van der Waals surface area contributed by atoms with Crippen LogP contribution in [-0.2, 0) is 42.7 Å². The fourth-order valence-electron chi connectivity index (χ4n) is 7.81. The Morgan fingerprint density at radius 3 is 1.94 bits per heavy atom. The Hall–Kier alpha value is -1.66. The molecule has 0 aromatic rings. The van der Waals surface area contributed by atoms with Crippen molar-refractivity contribution in [1.29, 1.82) is 0 Å². The zero-order valence-corrected chi connectivity index (χ0v) is 27.5. The highest BCUT2D eigenvalue weighted by molar-refractivity contribution is 5.90. The fraction of sp³-hybridized carbons (Fsp3) is 0.935. The smallest absolute Gasteiger partial charge is 0.317 e. The van der Waals surface area contributed by atoms with Crippen LogP contribution in [-0.4, -0.2) is 187 Å². The van der Waals surface area contributed by atoms with Gasteiger partial charge in [0.15, 0.2) is 12.6 Å². The molecule has 5 rings (SSSR count). The third-order valence-corrected chi connectivity index (χ3v) is 10.6. The van der Waals surface area contributed by atoms with E-state index in [4.69, 9.17) is 38.3 Å². The maximum absolute atomic E-state index is 11.8. The number of aliphatic carboxylic acids is 1. The molecular formula is C31H50O19. The number of ether oxygens (including phenoxy) is 7. The number of methoxy groups -OCH3 is 1. The second-order valence-corrected chi connectivity index (χ2v) is 13.9. The average molecular weight is 727 g/mol. The maximum Gasteiger partial charge on any atom is 0.317 e. The number of carboxylic acids is 1. The topological polar surface area (TPSA) is 301 Å². The van der Waals surface area contributed by atoms with Gasteiger partial charge >= 0.3 is 11.9 Å². The number of hydrogen-bond acceptors (Lipinski definition) is 18. The second kappa shape index (κ2) is 17.0. The second-order valence-electron chi connectivity index (χ2n) is 13.9. The van der Waals surface area contributed by atoms with Crippen LogP contribution in [0.25, 0.3) is 0 Å². The first-order valence-corrected chi connectivity index (χ1v) is 16.9. The van der Waals surface area contributed by atoms with Gasteiger partial charge < -0.3 is 84.2 Å². The quantitative estimate of drug-likeness (QED) is 0.0708. The molecule has 0 aromatic carbocycles. The van der Waals surface area contributed by atoms with Gasteiger partial charge in [0, 0.05) is 19.4 Å². The lowest BCUT2D eigenvalue weighted by Crippen LogP contribution is -2.63. The van der Waals surface area contributed by atoms with Crippen LogP contribution in [0.15, 0.2) is 0 Å². The standard InChI is InChI=1S/C31H50O19/c1-44-17-4-11(2-3-14(17)34)29-18(48-31-28(43)26(41)24(39)20(50-31)10-45-22(37)8-21(35)36)7-13-15(46-29)5-12(33)6-16(13)47-30-27(42)25(40)23(38)19(9-32)49-30/h11-20,23-34,38-43H,2-10H2,1H3,(H,35,36). The van der Waals surface area contributed by atoms with Gasteiger partial charge in [-0.1, -0.05) is 0 Å². The summed E-state index contributed by atoms with van der Waals surface area (Å²) < 4.78 is 40.8. The molecule has 288 valence electrons. The minimum Gasteiger partial charge on any atom is -0.481 e. The van der Waals surface area contributed by atoms with E-state index in [1.54, 1.807) is 0 Å². The van der Waals surface area contributed by atoms with Gasteiger partial charge in [0.05, 0.1) is 49.3 Å². The highest BCUT2D eigenvalue weighted by Gasteiger charge is 2.54. The van der Waals surface area contributed by atoms with Crippen LogP contribution in [0.4, 0.5) is 0 Å². The lowest BCUT2D eigenvalue weighted by molar-refractivity contribution is -0.344. The molecule has 2 aliphatic carbocycles. The number of aliphatic hydroxyl groups is 9. The molecule has 5 aliphatic rings. The molecule has 10 N–H and O–H groups in total. The number of carbonyl (C=O) groups excluding carboxylic acids is 1. The summed E-state index contributed by atoms with van der Waals surface area (Å²) in [6, 6.07) is 0. The third kappa shape index (κ3) is 8.75. The molecule has 5 fully saturated rings. The Morgan fingerprint density at radius 2 is 1.32 bits per heavy atom. The number of hydrogen-bond donors (Lipinski definition) is 10. The van der Waals surface area contributed by atoms with Crippen molar-refractivity contribution in [3.05, 3.63) is 0 Å². The summed E-state index contributed by atoms with van der Waals surface area (Å²) in [5.74, 6) is -3.37. The number of rotatable bonds is 11. The average Bonchev–Trinajstić information content (AvgIpc) is 3.08. The van der Waals surface area contributed by atoms with Gasteiger partial charge in [-0.2, -0.15) is 0 Å². The number of fused-ring (bicyclic) bond motifs is 1. The van der Waals surface area contributed by atoms with Gasteiger partial charge in [0.1, 0.15) is 61.9 Å².